The topological polar surface area (TPSA) is 45.1 Å². The van der Waals surface area contributed by atoms with Gasteiger partial charge in [0.2, 0.25) is 0 Å². The van der Waals surface area contributed by atoms with Crippen LogP contribution in [0.15, 0.2) is 30.3 Å². The molecule has 4 heteroatoms. The van der Waals surface area contributed by atoms with E-state index in [4.69, 9.17) is 0 Å². The molecule has 0 unspecified atom stereocenters. The van der Waals surface area contributed by atoms with Gasteiger partial charge in [-0.25, -0.2) is 4.39 Å². The summed E-state index contributed by atoms with van der Waals surface area (Å²) in [6.07, 6.45) is 0.435. The van der Waals surface area contributed by atoms with Crippen LogP contribution >= 0.6 is 0 Å². The van der Waals surface area contributed by atoms with Crippen molar-refractivity contribution >= 4 is 5.69 Å². The zero-order valence-corrected chi connectivity index (χ0v) is 12.3. The second-order valence-electron chi connectivity index (χ2n) is 6.15. The molecule has 0 aliphatic carbocycles. The Morgan fingerprint density at radius 2 is 2.05 bits per heavy atom. The summed E-state index contributed by atoms with van der Waals surface area (Å²) >= 11 is 0. The molecular formula is C17H19FN2O. The lowest BCUT2D eigenvalue weighted by Crippen LogP contribution is -2.20. The number of hydrogen-bond acceptors (Lipinski definition) is 3. The Morgan fingerprint density at radius 1 is 1.29 bits per heavy atom. The summed E-state index contributed by atoms with van der Waals surface area (Å²) in [5.74, 6) is -0.227. The summed E-state index contributed by atoms with van der Waals surface area (Å²) in [5.41, 5.74) is 4.04. The summed E-state index contributed by atoms with van der Waals surface area (Å²) in [4.78, 5) is 4.62. The van der Waals surface area contributed by atoms with Gasteiger partial charge >= 0.3 is 0 Å². The first-order chi connectivity index (χ1) is 10.0. The Balaban J connectivity index is 2.02. The zero-order valence-electron chi connectivity index (χ0n) is 12.3. The quantitative estimate of drug-likeness (QED) is 0.911. The lowest BCUT2D eigenvalue weighted by Gasteiger charge is -2.17. The summed E-state index contributed by atoms with van der Waals surface area (Å²) in [5, 5.41) is 12.9. The lowest BCUT2D eigenvalue weighted by molar-refractivity contribution is 0.275. The largest absolute Gasteiger partial charge is 0.390 e. The third-order valence-corrected chi connectivity index (χ3v) is 4.04. The molecule has 2 heterocycles. The van der Waals surface area contributed by atoms with Crippen molar-refractivity contribution < 1.29 is 9.50 Å². The van der Waals surface area contributed by atoms with Crippen molar-refractivity contribution in [2.24, 2.45) is 0 Å². The van der Waals surface area contributed by atoms with Gasteiger partial charge in [-0.15, -0.1) is 0 Å². The standard InChI is InChI=1S/C17H19FN2O/c1-17(2)10-19-14-8-12(15(9-21)20-16(14)17)7-11-5-3-4-6-13(11)18/h3-6,8,19,21H,7,9-10H2,1-2H3. The number of pyridine rings is 1. The highest BCUT2D eigenvalue weighted by atomic mass is 19.1. The summed E-state index contributed by atoms with van der Waals surface area (Å²) < 4.78 is 13.8. The van der Waals surface area contributed by atoms with Gasteiger partial charge in [0, 0.05) is 18.4 Å². The number of rotatable bonds is 3. The van der Waals surface area contributed by atoms with Crippen LogP contribution < -0.4 is 5.32 Å². The summed E-state index contributed by atoms with van der Waals surface area (Å²) in [6.45, 7) is 4.93. The molecule has 0 fully saturated rings. The SMILES string of the molecule is CC1(C)CNc2cc(Cc3ccccc3F)c(CO)nc21. The Morgan fingerprint density at radius 3 is 2.76 bits per heavy atom. The van der Waals surface area contributed by atoms with Gasteiger partial charge in [0.15, 0.2) is 0 Å². The molecule has 0 saturated heterocycles. The van der Waals surface area contributed by atoms with Crippen LogP contribution in [0.1, 0.15) is 36.4 Å². The molecule has 0 spiro atoms. The van der Waals surface area contributed by atoms with Crippen molar-refractivity contribution in [1.29, 1.82) is 0 Å². The minimum atomic E-state index is -0.227. The number of fused-ring (bicyclic) bond motifs is 1. The molecular weight excluding hydrogens is 267 g/mol. The molecule has 1 aromatic heterocycles. The lowest BCUT2D eigenvalue weighted by atomic mass is 9.90. The predicted molar refractivity (Wildman–Crippen MR) is 80.9 cm³/mol. The van der Waals surface area contributed by atoms with Crippen LogP contribution in [0, 0.1) is 5.82 Å². The molecule has 110 valence electrons. The van der Waals surface area contributed by atoms with Crippen LogP contribution in [-0.2, 0) is 18.4 Å². The van der Waals surface area contributed by atoms with E-state index in [9.17, 15) is 9.50 Å². The Bertz CT molecular complexity index is 682. The van der Waals surface area contributed by atoms with E-state index in [-0.39, 0.29) is 17.8 Å². The predicted octanol–water partition coefficient (Wildman–Crippen LogP) is 3.01. The van der Waals surface area contributed by atoms with Crippen molar-refractivity contribution in [2.45, 2.75) is 32.3 Å². The highest BCUT2D eigenvalue weighted by Crippen LogP contribution is 2.36. The molecule has 1 aliphatic rings. The fourth-order valence-electron chi connectivity index (χ4n) is 2.78. The molecule has 2 aromatic rings. The molecule has 0 saturated carbocycles. The minimum absolute atomic E-state index is 0.0459. The Hall–Kier alpha value is -1.94. The fourth-order valence-corrected chi connectivity index (χ4v) is 2.78. The number of anilines is 1. The van der Waals surface area contributed by atoms with Crippen LogP contribution in [0.2, 0.25) is 0 Å². The number of aliphatic hydroxyl groups excluding tert-OH is 1. The van der Waals surface area contributed by atoms with Crippen molar-refractivity contribution in [1.82, 2.24) is 4.98 Å². The normalized spacial score (nSPS) is 15.6. The highest BCUT2D eigenvalue weighted by molar-refractivity contribution is 5.59. The number of aliphatic hydroxyl groups is 1. The second kappa shape index (κ2) is 5.11. The Kier molecular flexibility index (Phi) is 3.41. The molecule has 3 rings (SSSR count). The maximum absolute atomic E-state index is 13.8. The van der Waals surface area contributed by atoms with E-state index in [1.54, 1.807) is 12.1 Å². The van der Waals surface area contributed by atoms with Gasteiger partial charge in [0.1, 0.15) is 5.82 Å². The first kappa shape index (κ1) is 14.0. The smallest absolute Gasteiger partial charge is 0.126 e. The van der Waals surface area contributed by atoms with E-state index < -0.39 is 0 Å². The van der Waals surface area contributed by atoms with Gasteiger partial charge < -0.3 is 10.4 Å². The Labute approximate surface area is 123 Å². The number of hydrogen-bond donors (Lipinski definition) is 2. The summed E-state index contributed by atoms with van der Waals surface area (Å²) in [7, 11) is 0. The van der Waals surface area contributed by atoms with Crippen LogP contribution in [0.4, 0.5) is 10.1 Å². The third-order valence-electron chi connectivity index (χ3n) is 4.04. The van der Waals surface area contributed by atoms with Crippen molar-refractivity contribution in [2.75, 3.05) is 11.9 Å². The summed E-state index contributed by atoms with van der Waals surface area (Å²) in [6, 6.07) is 8.71. The number of benzene rings is 1. The van der Waals surface area contributed by atoms with E-state index in [2.05, 4.69) is 24.1 Å². The zero-order chi connectivity index (χ0) is 15.0. The van der Waals surface area contributed by atoms with Crippen LogP contribution in [-0.4, -0.2) is 16.6 Å². The van der Waals surface area contributed by atoms with Gasteiger partial charge in [-0.3, -0.25) is 4.98 Å². The maximum Gasteiger partial charge on any atom is 0.126 e. The minimum Gasteiger partial charge on any atom is -0.390 e. The monoisotopic (exact) mass is 286 g/mol. The first-order valence-electron chi connectivity index (χ1n) is 7.12. The third kappa shape index (κ3) is 2.51. The number of nitrogens with one attached hydrogen (secondary N) is 1. The van der Waals surface area contributed by atoms with Crippen LogP contribution in [0.25, 0.3) is 0 Å². The number of halogens is 1. The van der Waals surface area contributed by atoms with Gasteiger partial charge in [-0.2, -0.15) is 0 Å². The van der Waals surface area contributed by atoms with Crippen molar-refractivity contribution in [3.63, 3.8) is 0 Å². The molecule has 3 nitrogen and oxygen atoms in total. The molecule has 0 atom stereocenters. The molecule has 1 aliphatic heterocycles. The van der Waals surface area contributed by atoms with Gasteiger partial charge in [0.05, 0.1) is 23.7 Å². The van der Waals surface area contributed by atoms with Crippen LogP contribution in [0.3, 0.4) is 0 Å². The van der Waals surface area contributed by atoms with Crippen molar-refractivity contribution in [3.8, 4) is 0 Å². The van der Waals surface area contributed by atoms with E-state index in [0.29, 0.717) is 17.7 Å². The average Bonchev–Trinajstić information content (AvgIpc) is 2.76. The van der Waals surface area contributed by atoms with Gasteiger partial charge in [-0.1, -0.05) is 32.0 Å². The van der Waals surface area contributed by atoms with Gasteiger partial charge in [0.25, 0.3) is 0 Å². The van der Waals surface area contributed by atoms with E-state index in [1.807, 2.05) is 12.1 Å². The number of nitrogens with zero attached hydrogens (tertiary/aromatic N) is 1. The molecule has 0 radical (unpaired) electrons. The molecule has 21 heavy (non-hydrogen) atoms. The average molecular weight is 286 g/mol. The molecule has 2 N–H and O–H groups in total. The highest BCUT2D eigenvalue weighted by Gasteiger charge is 2.32. The van der Waals surface area contributed by atoms with E-state index in [1.165, 1.54) is 6.07 Å². The van der Waals surface area contributed by atoms with E-state index in [0.717, 1.165) is 23.5 Å². The van der Waals surface area contributed by atoms with E-state index >= 15 is 0 Å². The van der Waals surface area contributed by atoms with Crippen LogP contribution in [0.5, 0.6) is 0 Å². The first-order valence-corrected chi connectivity index (χ1v) is 7.12. The molecule has 1 aromatic carbocycles. The molecule has 0 bridgehead atoms. The van der Waals surface area contributed by atoms with Crippen molar-refractivity contribution in [3.05, 3.63) is 58.7 Å². The van der Waals surface area contributed by atoms with Gasteiger partial charge in [-0.05, 0) is 23.3 Å². The maximum atomic E-state index is 13.8. The second-order valence-corrected chi connectivity index (χ2v) is 6.15. The molecule has 0 amide bonds. The number of aromatic nitrogens is 1. The fraction of sp³-hybridized carbons (Fsp3) is 0.353.